The zero-order valence-corrected chi connectivity index (χ0v) is 15.8. The maximum Gasteiger partial charge on any atom is 0.192 e. The molecule has 1 rings (SSSR count). The molecule has 122 valence electrons. The monoisotopic (exact) mass is 318 g/mol. The van der Waals surface area contributed by atoms with Crippen LogP contribution in [-0.4, -0.2) is 20.7 Å². The summed E-state index contributed by atoms with van der Waals surface area (Å²) in [7, 11) is -1.87. The summed E-state index contributed by atoms with van der Waals surface area (Å²) in [5.74, 6) is 0.208. The first kappa shape index (κ1) is 18.9. The molecule has 0 N–H and O–H groups in total. The highest BCUT2D eigenvalue weighted by atomic mass is 28.4. The molecular formula is C19H30O2Si. The van der Waals surface area contributed by atoms with E-state index in [4.69, 9.17) is 4.43 Å². The van der Waals surface area contributed by atoms with E-state index < -0.39 is 8.32 Å². The molecule has 3 heteroatoms. The molecule has 22 heavy (non-hydrogen) atoms. The summed E-state index contributed by atoms with van der Waals surface area (Å²) in [5.41, 5.74) is 1.17. The van der Waals surface area contributed by atoms with Crippen molar-refractivity contribution in [2.75, 3.05) is 0 Å². The van der Waals surface area contributed by atoms with Gasteiger partial charge in [-0.2, -0.15) is 0 Å². The van der Waals surface area contributed by atoms with E-state index >= 15 is 0 Å². The van der Waals surface area contributed by atoms with E-state index in [1.54, 1.807) is 0 Å². The predicted octanol–water partition coefficient (Wildman–Crippen LogP) is 5.32. The lowest BCUT2D eigenvalue weighted by molar-refractivity contribution is -0.109. The highest BCUT2D eigenvalue weighted by molar-refractivity contribution is 6.74. The predicted molar refractivity (Wildman–Crippen MR) is 97.4 cm³/mol. The van der Waals surface area contributed by atoms with Crippen LogP contribution in [0.2, 0.25) is 18.1 Å². The van der Waals surface area contributed by atoms with Gasteiger partial charge in [-0.25, -0.2) is 0 Å². The van der Waals surface area contributed by atoms with E-state index in [0.717, 1.165) is 6.29 Å². The van der Waals surface area contributed by atoms with Crippen LogP contribution in [0, 0.1) is 5.92 Å². The standard InChI is InChI=1S/C19H30O2Si/c1-16(12-13-17-10-8-7-9-11-17)18(14-15-20)21-22(5,6)19(2,3)4/h7-13,15-16,18H,14H2,1-6H3/t16-,18+/m1/s1. The van der Waals surface area contributed by atoms with E-state index in [1.807, 2.05) is 18.2 Å². The van der Waals surface area contributed by atoms with Crippen LogP contribution in [-0.2, 0) is 9.22 Å². The molecule has 0 unspecified atom stereocenters. The largest absolute Gasteiger partial charge is 0.413 e. The average Bonchev–Trinajstić information content (AvgIpc) is 2.44. The van der Waals surface area contributed by atoms with Gasteiger partial charge in [0, 0.05) is 6.42 Å². The SMILES string of the molecule is C[C@H](C=Cc1ccccc1)[C@H](CC=O)O[Si](C)(C)C(C)(C)C. The highest BCUT2D eigenvalue weighted by Gasteiger charge is 2.39. The van der Waals surface area contributed by atoms with E-state index in [1.165, 1.54) is 5.56 Å². The third kappa shape index (κ3) is 5.54. The Balaban J connectivity index is 2.82. The fourth-order valence-electron chi connectivity index (χ4n) is 1.97. The van der Waals surface area contributed by atoms with Crippen molar-refractivity contribution in [1.29, 1.82) is 0 Å². The number of carbonyl (C=O) groups is 1. The first-order valence-electron chi connectivity index (χ1n) is 8.02. The van der Waals surface area contributed by atoms with Gasteiger partial charge < -0.3 is 9.22 Å². The Morgan fingerprint density at radius 3 is 2.27 bits per heavy atom. The average molecular weight is 319 g/mol. The Bertz CT molecular complexity index is 486. The molecule has 0 saturated carbocycles. The van der Waals surface area contributed by atoms with Crippen LogP contribution in [0.3, 0.4) is 0 Å². The third-order valence-corrected chi connectivity index (χ3v) is 9.06. The molecule has 0 bridgehead atoms. The van der Waals surface area contributed by atoms with Crippen LogP contribution in [0.4, 0.5) is 0 Å². The van der Waals surface area contributed by atoms with Crippen LogP contribution in [0.25, 0.3) is 6.08 Å². The molecular weight excluding hydrogens is 288 g/mol. The van der Waals surface area contributed by atoms with Crippen LogP contribution < -0.4 is 0 Å². The van der Waals surface area contributed by atoms with Crippen molar-refractivity contribution in [3.8, 4) is 0 Å². The number of hydrogen-bond acceptors (Lipinski definition) is 2. The second-order valence-electron chi connectivity index (χ2n) is 7.45. The fourth-order valence-corrected chi connectivity index (χ4v) is 3.39. The fraction of sp³-hybridized carbons (Fsp3) is 0.526. The Hall–Kier alpha value is -1.19. The normalized spacial score (nSPS) is 15.7. The summed E-state index contributed by atoms with van der Waals surface area (Å²) in [6, 6.07) is 10.2. The quantitative estimate of drug-likeness (QED) is 0.502. The molecule has 0 saturated heterocycles. The summed E-state index contributed by atoms with van der Waals surface area (Å²) < 4.78 is 6.45. The van der Waals surface area contributed by atoms with Gasteiger partial charge in [-0.15, -0.1) is 0 Å². The van der Waals surface area contributed by atoms with E-state index in [9.17, 15) is 4.79 Å². The molecule has 1 aromatic rings. The maximum absolute atomic E-state index is 11.0. The molecule has 0 aromatic heterocycles. The number of benzene rings is 1. The number of hydrogen-bond donors (Lipinski definition) is 0. The molecule has 0 amide bonds. The van der Waals surface area contributed by atoms with Crippen LogP contribution in [0.1, 0.15) is 39.7 Å². The summed E-state index contributed by atoms with van der Waals surface area (Å²) in [6.07, 6.45) is 5.64. The lowest BCUT2D eigenvalue weighted by Crippen LogP contribution is -2.45. The van der Waals surface area contributed by atoms with Crippen molar-refractivity contribution in [2.24, 2.45) is 5.92 Å². The number of aldehydes is 1. The van der Waals surface area contributed by atoms with Gasteiger partial charge in [0.25, 0.3) is 0 Å². The lowest BCUT2D eigenvalue weighted by Gasteiger charge is -2.40. The van der Waals surface area contributed by atoms with E-state index in [0.29, 0.717) is 6.42 Å². The smallest absolute Gasteiger partial charge is 0.192 e. The maximum atomic E-state index is 11.0. The summed E-state index contributed by atoms with van der Waals surface area (Å²) in [6.45, 7) is 13.3. The third-order valence-electron chi connectivity index (χ3n) is 4.56. The molecule has 0 radical (unpaired) electrons. The Morgan fingerprint density at radius 1 is 1.18 bits per heavy atom. The summed E-state index contributed by atoms with van der Waals surface area (Å²) in [5, 5.41) is 0.150. The molecule has 2 atom stereocenters. The first-order chi connectivity index (χ1) is 10.2. The molecule has 0 heterocycles. The van der Waals surface area contributed by atoms with Crippen molar-refractivity contribution in [3.05, 3.63) is 42.0 Å². The first-order valence-corrected chi connectivity index (χ1v) is 10.9. The van der Waals surface area contributed by atoms with Crippen LogP contribution in [0.15, 0.2) is 36.4 Å². The van der Waals surface area contributed by atoms with Gasteiger partial charge in [0.1, 0.15) is 6.29 Å². The van der Waals surface area contributed by atoms with Gasteiger partial charge in [0.15, 0.2) is 8.32 Å². The van der Waals surface area contributed by atoms with Gasteiger partial charge in [0.05, 0.1) is 6.10 Å². The zero-order chi connectivity index (χ0) is 16.8. The topological polar surface area (TPSA) is 26.3 Å². The molecule has 2 nitrogen and oxygen atoms in total. The number of carbonyl (C=O) groups excluding carboxylic acids is 1. The van der Waals surface area contributed by atoms with Crippen molar-refractivity contribution in [3.63, 3.8) is 0 Å². The minimum atomic E-state index is -1.87. The molecule has 0 spiro atoms. The van der Waals surface area contributed by atoms with Gasteiger partial charge in [-0.1, -0.05) is 70.2 Å². The number of rotatable bonds is 7. The molecule has 0 aliphatic rings. The summed E-state index contributed by atoms with van der Waals surface area (Å²) >= 11 is 0. The Morgan fingerprint density at radius 2 is 1.77 bits per heavy atom. The highest BCUT2D eigenvalue weighted by Crippen LogP contribution is 2.38. The molecule has 0 fully saturated rings. The van der Waals surface area contributed by atoms with E-state index in [-0.39, 0.29) is 17.1 Å². The van der Waals surface area contributed by atoms with Crippen molar-refractivity contribution in [2.45, 2.75) is 58.4 Å². The second kappa shape index (κ2) is 7.89. The van der Waals surface area contributed by atoms with Gasteiger partial charge in [-0.3, -0.25) is 0 Å². The lowest BCUT2D eigenvalue weighted by atomic mass is 10.0. The van der Waals surface area contributed by atoms with E-state index in [2.05, 4.69) is 65.1 Å². The van der Waals surface area contributed by atoms with Crippen LogP contribution in [0.5, 0.6) is 0 Å². The zero-order valence-electron chi connectivity index (χ0n) is 14.8. The molecule has 1 aromatic carbocycles. The summed E-state index contributed by atoms with van der Waals surface area (Å²) in [4.78, 5) is 11.0. The minimum absolute atomic E-state index is 0.0432. The van der Waals surface area contributed by atoms with Crippen LogP contribution >= 0.6 is 0 Å². The Labute approximate surface area is 136 Å². The molecule has 0 aliphatic carbocycles. The molecule has 0 aliphatic heterocycles. The minimum Gasteiger partial charge on any atom is -0.413 e. The second-order valence-corrected chi connectivity index (χ2v) is 12.2. The van der Waals surface area contributed by atoms with Gasteiger partial charge >= 0.3 is 0 Å². The van der Waals surface area contributed by atoms with Crippen molar-refractivity contribution >= 4 is 20.7 Å². The van der Waals surface area contributed by atoms with Gasteiger partial charge in [0.2, 0.25) is 0 Å². The van der Waals surface area contributed by atoms with Crippen molar-refractivity contribution < 1.29 is 9.22 Å². The Kier molecular flexibility index (Phi) is 6.76. The van der Waals surface area contributed by atoms with Crippen molar-refractivity contribution in [1.82, 2.24) is 0 Å². The van der Waals surface area contributed by atoms with Gasteiger partial charge in [-0.05, 0) is 29.6 Å².